The van der Waals surface area contributed by atoms with E-state index in [1.165, 1.54) is 56.9 Å². The van der Waals surface area contributed by atoms with Crippen LogP contribution in [-0.2, 0) is 24.7 Å². The molecule has 4 saturated carbocycles. The Labute approximate surface area is 202 Å². The van der Waals surface area contributed by atoms with E-state index in [-0.39, 0.29) is 23.9 Å². The van der Waals surface area contributed by atoms with Crippen LogP contribution < -0.4 is 10.1 Å². The number of carbonyl (C=O) groups is 1. The Bertz CT molecular complexity index is 972. The Hall–Kier alpha value is -1.59. The topological polar surface area (TPSA) is 46.4 Å². The molecule has 0 aliphatic heterocycles. The molecule has 174 valence electrons. The summed E-state index contributed by atoms with van der Waals surface area (Å²) in [5.74, 6) is 2.74. The zero-order valence-electron chi connectivity index (χ0n) is 19.3. The zero-order valence-corrected chi connectivity index (χ0v) is 20.9. The summed E-state index contributed by atoms with van der Waals surface area (Å²) in [5.41, 5.74) is 3.43. The number of aryl methyl sites for hydroxylation is 1. The fourth-order valence-electron chi connectivity index (χ4n) is 6.57. The molecule has 1 amide bonds. The highest BCUT2D eigenvalue weighted by Gasteiger charge is 2.51. The van der Waals surface area contributed by atoms with Crippen molar-refractivity contribution in [2.24, 2.45) is 29.8 Å². The number of carbonyl (C=O) groups excluding carboxylic acids is 1. The Kier molecular flexibility index (Phi) is 7.16. The summed E-state index contributed by atoms with van der Waals surface area (Å²) in [7, 11) is 2.07. The van der Waals surface area contributed by atoms with E-state index in [1.807, 2.05) is 12.1 Å². The van der Waals surface area contributed by atoms with Crippen molar-refractivity contribution >= 4 is 35.3 Å². The van der Waals surface area contributed by atoms with Gasteiger partial charge in [0.05, 0.1) is 12.0 Å². The quantitative estimate of drug-likeness (QED) is 0.534. The van der Waals surface area contributed by atoms with E-state index in [0.29, 0.717) is 6.42 Å². The van der Waals surface area contributed by atoms with Crippen LogP contribution in [0, 0.1) is 17.8 Å². The number of halogens is 1. The number of rotatable bonds is 7. The summed E-state index contributed by atoms with van der Waals surface area (Å²) in [6, 6.07) is 8.28. The van der Waals surface area contributed by atoms with Crippen LogP contribution in [0.15, 0.2) is 34.6 Å². The summed E-state index contributed by atoms with van der Waals surface area (Å²) in [6.45, 7) is 2.21. The smallest absolute Gasteiger partial charge is 0.230 e. The Balaban J connectivity index is 0.00000245. The van der Waals surface area contributed by atoms with Gasteiger partial charge in [0.1, 0.15) is 0 Å². The van der Waals surface area contributed by atoms with Gasteiger partial charge >= 0.3 is 0 Å². The zero-order chi connectivity index (χ0) is 21.4. The number of anilines is 1. The van der Waals surface area contributed by atoms with Crippen molar-refractivity contribution in [3.63, 3.8) is 0 Å². The molecule has 0 atom stereocenters. The highest BCUT2D eigenvalue weighted by Crippen LogP contribution is 2.57. The molecule has 4 nitrogen and oxygen atoms in total. The van der Waals surface area contributed by atoms with Gasteiger partial charge in [0.2, 0.25) is 5.91 Å². The highest BCUT2D eigenvalue weighted by molar-refractivity contribution is 7.07. The molecule has 4 aliphatic rings. The van der Waals surface area contributed by atoms with Gasteiger partial charge in [-0.25, -0.2) is 0 Å². The van der Waals surface area contributed by atoms with Crippen LogP contribution in [0.5, 0.6) is 0 Å². The van der Waals surface area contributed by atoms with Crippen LogP contribution in [-0.4, -0.2) is 16.0 Å². The first-order valence-corrected chi connectivity index (χ1v) is 13.0. The number of benzene rings is 1. The molecule has 4 bridgehead atoms. The second-order valence-electron chi connectivity index (χ2n) is 10.3. The number of hydrogen-bond acceptors (Lipinski definition) is 3. The first kappa shape index (κ1) is 23.6. The SMILES string of the molecule is CCCCc1ccc(NC(=O)Cc2csc(=NC34CC5CC(CC(C5)C3)C4)n2C)cc1.Cl. The average Bonchev–Trinajstić information content (AvgIpc) is 3.05. The van der Waals surface area contributed by atoms with Crippen molar-refractivity contribution < 1.29 is 4.79 Å². The lowest BCUT2D eigenvalue weighted by molar-refractivity contribution is -0.115. The van der Waals surface area contributed by atoms with E-state index < -0.39 is 0 Å². The van der Waals surface area contributed by atoms with Crippen molar-refractivity contribution in [1.82, 2.24) is 4.57 Å². The lowest BCUT2D eigenvalue weighted by Gasteiger charge is -2.54. The van der Waals surface area contributed by atoms with Crippen molar-refractivity contribution in [1.29, 1.82) is 0 Å². The first-order chi connectivity index (χ1) is 15.0. The maximum atomic E-state index is 12.7. The second-order valence-corrected chi connectivity index (χ2v) is 11.2. The first-order valence-electron chi connectivity index (χ1n) is 12.1. The molecule has 6 heteroatoms. The van der Waals surface area contributed by atoms with E-state index in [4.69, 9.17) is 4.99 Å². The molecule has 1 N–H and O–H groups in total. The molecule has 0 unspecified atom stereocenters. The Morgan fingerprint density at radius 3 is 2.34 bits per heavy atom. The largest absolute Gasteiger partial charge is 0.326 e. The van der Waals surface area contributed by atoms with Crippen molar-refractivity contribution in [2.45, 2.75) is 76.7 Å². The summed E-state index contributed by atoms with van der Waals surface area (Å²) < 4.78 is 2.15. The molecule has 0 spiro atoms. The van der Waals surface area contributed by atoms with Gasteiger partial charge in [0.25, 0.3) is 0 Å². The summed E-state index contributed by atoms with van der Waals surface area (Å²) in [5, 5.41) is 5.18. The highest BCUT2D eigenvalue weighted by atomic mass is 35.5. The standard InChI is InChI=1S/C26H35N3OS.ClH/c1-3-4-5-18-6-8-22(9-7-18)27-24(30)13-23-17-31-25(29(23)2)28-26-14-19-10-20(15-26)12-21(11-19)16-26;/h6-9,17,19-21H,3-5,10-16H2,1-2H3,(H,27,30);1H. The van der Waals surface area contributed by atoms with Crippen LogP contribution in [0.25, 0.3) is 0 Å². The molecule has 1 aromatic heterocycles. The van der Waals surface area contributed by atoms with Crippen LogP contribution in [0.4, 0.5) is 5.69 Å². The number of nitrogens with one attached hydrogen (secondary N) is 1. The number of amides is 1. The third-order valence-electron chi connectivity index (χ3n) is 7.76. The van der Waals surface area contributed by atoms with Crippen LogP contribution in [0.1, 0.15) is 69.5 Å². The molecule has 32 heavy (non-hydrogen) atoms. The minimum atomic E-state index is 0. The maximum absolute atomic E-state index is 12.7. The molecule has 1 heterocycles. The van der Waals surface area contributed by atoms with Gasteiger partial charge in [-0.15, -0.1) is 23.7 Å². The number of hydrogen-bond donors (Lipinski definition) is 1. The number of thiazole rings is 1. The normalized spacial score (nSPS) is 28.6. The molecule has 4 fully saturated rings. The number of nitrogens with zero attached hydrogens (tertiary/aromatic N) is 2. The average molecular weight is 474 g/mol. The molecule has 6 rings (SSSR count). The lowest BCUT2D eigenvalue weighted by Crippen LogP contribution is -2.50. The van der Waals surface area contributed by atoms with E-state index in [2.05, 4.69) is 41.4 Å². The molecular weight excluding hydrogens is 438 g/mol. The van der Waals surface area contributed by atoms with E-state index in [0.717, 1.165) is 40.4 Å². The molecule has 0 saturated heterocycles. The Morgan fingerprint density at radius 1 is 1.12 bits per heavy atom. The van der Waals surface area contributed by atoms with Gasteiger partial charge in [-0.1, -0.05) is 25.5 Å². The third kappa shape index (κ3) is 4.99. The minimum absolute atomic E-state index is 0. The van der Waals surface area contributed by atoms with E-state index >= 15 is 0 Å². The Morgan fingerprint density at radius 2 is 1.75 bits per heavy atom. The minimum Gasteiger partial charge on any atom is -0.326 e. The van der Waals surface area contributed by atoms with E-state index in [9.17, 15) is 4.79 Å². The predicted molar refractivity (Wildman–Crippen MR) is 134 cm³/mol. The molecule has 2 aromatic rings. The van der Waals surface area contributed by atoms with Crippen molar-refractivity contribution in [2.75, 3.05) is 5.32 Å². The van der Waals surface area contributed by atoms with Gasteiger partial charge in [-0.2, -0.15) is 0 Å². The van der Waals surface area contributed by atoms with Crippen LogP contribution in [0.3, 0.4) is 0 Å². The maximum Gasteiger partial charge on any atom is 0.230 e. The summed E-state index contributed by atoms with van der Waals surface area (Å²) in [4.78, 5) is 19.1. The van der Waals surface area contributed by atoms with Gasteiger partial charge in [0, 0.05) is 23.8 Å². The second kappa shape index (κ2) is 9.72. The molecule has 4 aliphatic carbocycles. The summed E-state index contributed by atoms with van der Waals surface area (Å²) >= 11 is 1.70. The third-order valence-corrected chi connectivity index (χ3v) is 8.72. The van der Waals surface area contributed by atoms with Crippen molar-refractivity contribution in [3.8, 4) is 0 Å². The van der Waals surface area contributed by atoms with Gasteiger partial charge in [0.15, 0.2) is 4.80 Å². The summed E-state index contributed by atoms with van der Waals surface area (Å²) in [6.07, 6.45) is 12.1. The fourth-order valence-corrected chi connectivity index (χ4v) is 7.58. The fraction of sp³-hybridized carbons (Fsp3) is 0.615. The van der Waals surface area contributed by atoms with E-state index in [1.54, 1.807) is 11.3 Å². The van der Waals surface area contributed by atoms with Crippen LogP contribution >= 0.6 is 23.7 Å². The van der Waals surface area contributed by atoms with Crippen molar-refractivity contribution in [3.05, 3.63) is 45.7 Å². The van der Waals surface area contributed by atoms with Gasteiger partial charge < -0.3 is 9.88 Å². The van der Waals surface area contributed by atoms with Gasteiger partial charge in [-0.05, 0) is 86.8 Å². The number of unbranched alkanes of at least 4 members (excludes halogenated alkanes) is 1. The van der Waals surface area contributed by atoms with Gasteiger partial charge in [-0.3, -0.25) is 9.79 Å². The number of aromatic nitrogens is 1. The predicted octanol–water partition coefficient (Wildman–Crippen LogP) is 5.90. The molecule has 0 radical (unpaired) electrons. The monoisotopic (exact) mass is 473 g/mol. The van der Waals surface area contributed by atoms with Crippen LogP contribution in [0.2, 0.25) is 0 Å². The molecular formula is C26H36ClN3OS. The lowest BCUT2D eigenvalue weighted by atomic mass is 9.53. The molecule has 1 aromatic carbocycles.